The highest BCUT2D eigenvalue weighted by Gasteiger charge is 2.46. The smallest absolute Gasteiger partial charge is 0.445 e. The Morgan fingerprint density at radius 1 is 1.13 bits per heavy atom. The van der Waals surface area contributed by atoms with E-state index in [2.05, 4.69) is 14.5 Å². The number of para-hydroxylation sites is 1. The number of aromatic nitrogens is 1. The Morgan fingerprint density at radius 3 is 2.60 bits per heavy atom. The van der Waals surface area contributed by atoms with E-state index in [0.29, 0.717) is 0 Å². The molecule has 0 unspecified atom stereocenters. The summed E-state index contributed by atoms with van der Waals surface area (Å²) >= 11 is 0. The molecule has 2 aromatic rings. The lowest BCUT2D eigenvalue weighted by atomic mass is 9.99. The van der Waals surface area contributed by atoms with E-state index < -0.39 is 43.6 Å². The second kappa shape index (κ2) is 7.38. The molecule has 1 aromatic heterocycles. The van der Waals surface area contributed by atoms with Crippen LogP contribution >= 0.6 is 0 Å². The molecule has 3 heterocycles. The van der Waals surface area contributed by atoms with E-state index in [-0.39, 0.29) is 34.1 Å². The zero-order valence-electron chi connectivity index (χ0n) is 15.0. The zero-order valence-corrected chi connectivity index (χ0v) is 15.0. The third-order valence-electron chi connectivity index (χ3n) is 4.76. The Balaban J connectivity index is 1.65. The highest BCUT2D eigenvalue weighted by atomic mass is 19.3. The van der Waals surface area contributed by atoms with Crippen molar-refractivity contribution in [1.82, 2.24) is 4.98 Å². The van der Waals surface area contributed by atoms with E-state index in [1.807, 2.05) is 6.07 Å². The summed E-state index contributed by atoms with van der Waals surface area (Å²) in [4.78, 5) is 2.64. The number of aliphatic hydroxyl groups excluding tert-OH is 4. The minimum Gasteiger partial charge on any atom is -0.445 e. The number of H-pyrrole nitrogens is 1. The summed E-state index contributed by atoms with van der Waals surface area (Å²) < 4.78 is 46.6. The second-order valence-electron chi connectivity index (χ2n) is 6.63. The number of nitrogens with one attached hydrogen (secondary N) is 1. The maximum atomic E-state index is 13.5. The molecule has 1 aromatic carbocycles. The molecule has 0 spiro atoms. The van der Waals surface area contributed by atoms with Gasteiger partial charge in [-0.15, -0.1) is 8.78 Å². The van der Waals surface area contributed by atoms with Crippen molar-refractivity contribution in [3.8, 4) is 34.6 Å². The standard InChI is InChI=1S/C18H16F2N2O8/c19-18(20)29-10-3-1-2-7(15(10)30-18)9-5-22-16(8(9)4-21)28-17-14(26)13(25)12(24)11(6-23)27-17/h1-3,5,11-14,17,22-26H,6H2/t11-,12-,13+,14-,17+/m1/s1. The average molecular weight is 426 g/mol. The molecule has 30 heavy (non-hydrogen) atoms. The van der Waals surface area contributed by atoms with Crippen LogP contribution in [0.2, 0.25) is 0 Å². The first-order chi connectivity index (χ1) is 14.3. The Hall–Kier alpha value is -2.95. The first kappa shape index (κ1) is 20.3. The number of halogens is 2. The summed E-state index contributed by atoms with van der Waals surface area (Å²) in [7, 11) is 0. The highest BCUT2D eigenvalue weighted by molar-refractivity contribution is 5.80. The van der Waals surface area contributed by atoms with Gasteiger partial charge in [-0.2, -0.15) is 5.26 Å². The summed E-state index contributed by atoms with van der Waals surface area (Å²) in [5.74, 6) is -0.670. The summed E-state index contributed by atoms with van der Waals surface area (Å²) in [6.45, 7) is -0.659. The molecule has 2 aliphatic rings. The quantitative estimate of drug-likeness (QED) is 0.456. The fourth-order valence-electron chi connectivity index (χ4n) is 3.28. The number of aliphatic hydroxyl groups is 4. The second-order valence-corrected chi connectivity index (χ2v) is 6.63. The monoisotopic (exact) mass is 426 g/mol. The van der Waals surface area contributed by atoms with Crippen LogP contribution in [-0.2, 0) is 4.74 Å². The van der Waals surface area contributed by atoms with Crippen molar-refractivity contribution in [2.45, 2.75) is 37.0 Å². The number of aromatic amines is 1. The van der Waals surface area contributed by atoms with Crippen LogP contribution in [0.15, 0.2) is 24.4 Å². The molecule has 0 saturated carbocycles. The van der Waals surface area contributed by atoms with Crippen LogP contribution in [0.25, 0.3) is 11.1 Å². The largest absolute Gasteiger partial charge is 0.586 e. The Kier molecular flexibility index (Phi) is 5.00. The molecular formula is C18H16F2N2O8. The van der Waals surface area contributed by atoms with E-state index in [0.717, 1.165) is 0 Å². The van der Waals surface area contributed by atoms with Crippen molar-refractivity contribution in [3.63, 3.8) is 0 Å². The van der Waals surface area contributed by atoms with Crippen molar-refractivity contribution >= 4 is 0 Å². The van der Waals surface area contributed by atoms with Crippen molar-refractivity contribution in [3.05, 3.63) is 30.0 Å². The predicted molar refractivity (Wildman–Crippen MR) is 91.5 cm³/mol. The molecule has 0 bridgehead atoms. The zero-order chi connectivity index (χ0) is 21.6. The number of hydrogen-bond donors (Lipinski definition) is 5. The van der Waals surface area contributed by atoms with Gasteiger partial charge in [0.25, 0.3) is 0 Å². The van der Waals surface area contributed by atoms with Crippen LogP contribution in [-0.4, -0.2) is 69.0 Å². The van der Waals surface area contributed by atoms with Gasteiger partial charge >= 0.3 is 6.29 Å². The third kappa shape index (κ3) is 3.32. The lowest BCUT2D eigenvalue weighted by Gasteiger charge is -2.39. The van der Waals surface area contributed by atoms with Gasteiger partial charge in [0.1, 0.15) is 36.0 Å². The summed E-state index contributed by atoms with van der Waals surface area (Å²) in [5, 5.41) is 48.6. The van der Waals surface area contributed by atoms with Crippen LogP contribution in [0.5, 0.6) is 17.4 Å². The molecule has 0 amide bonds. The van der Waals surface area contributed by atoms with Gasteiger partial charge < -0.3 is 44.4 Å². The van der Waals surface area contributed by atoms with E-state index in [4.69, 9.17) is 9.47 Å². The summed E-state index contributed by atoms with van der Waals surface area (Å²) in [6.07, 6.45) is -10.2. The van der Waals surface area contributed by atoms with Gasteiger partial charge in [0, 0.05) is 17.3 Å². The molecule has 160 valence electrons. The SMILES string of the molecule is N#Cc1c(-c2cccc3c2OC(F)(F)O3)c[nH]c1O[C@@H]1O[C@H](CO)[C@@H](O)[C@H](O)[C@H]1O. The van der Waals surface area contributed by atoms with Gasteiger partial charge in [-0.1, -0.05) is 12.1 Å². The van der Waals surface area contributed by atoms with Crippen molar-refractivity contribution in [1.29, 1.82) is 5.26 Å². The molecule has 5 atom stereocenters. The molecule has 1 fully saturated rings. The van der Waals surface area contributed by atoms with Crippen LogP contribution < -0.4 is 14.2 Å². The van der Waals surface area contributed by atoms with Crippen LogP contribution in [0.4, 0.5) is 8.78 Å². The molecule has 4 rings (SSSR count). The van der Waals surface area contributed by atoms with Crippen LogP contribution in [0.1, 0.15) is 5.56 Å². The number of benzene rings is 1. The minimum absolute atomic E-state index is 0.126. The molecule has 2 aliphatic heterocycles. The summed E-state index contributed by atoms with van der Waals surface area (Å²) in [5.41, 5.74) is 0.149. The highest BCUT2D eigenvalue weighted by Crippen LogP contribution is 2.48. The Morgan fingerprint density at radius 2 is 1.90 bits per heavy atom. The summed E-state index contributed by atoms with van der Waals surface area (Å²) in [6, 6.07) is 6.02. The Bertz CT molecular complexity index is 989. The maximum Gasteiger partial charge on any atom is 0.586 e. The van der Waals surface area contributed by atoms with Gasteiger partial charge in [-0.25, -0.2) is 0 Å². The molecule has 0 aliphatic carbocycles. The molecule has 1 saturated heterocycles. The molecule has 5 N–H and O–H groups in total. The van der Waals surface area contributed by atoms with Crippen molar-refractivity contribution < 1.29 is 48.2 Å². The number of hydrogen-bond acceptors (Lipinski definition) is 9. The number of rotatable bonds is 4. The lowest BCUT2D eigenvalue weighted by molar-refractivity contribution is -0.286. The van der Waals surface area contributed by atoms with Crippen LogP contribution in [0, 0.1) is 11.3 Å². The van der Waals surface area contributed by atoms with E-state index >= 15 is 0 Å². The number of fused-ring (bicyclic) bond motifs is 1. The minimum atomic E-state index is -3.85. The molecule has 12 heteroatoms. The fourth-order valence-corrected chi connectivity index (χ4v) is 3.28. The first-order valence-electron chi connectivity index (χ1n) is 8.73. The topological polar surface area (TPSA) is 157 Å². The van der Waals surface area contributed by atoms with Gasteiger partial charge in [-0.3, -0.25) is 0 Å². The lowest BCUT2D eigenvalue weighted by Crippen LogP contribution is -2.60. The van der Waals surface area contributed by atoms with Crippen LogP contribution in [0.3, 0.4) is 0 Å². The Labute approximate surface area is 167 Å². The first-order valence-corrected chi connectivity index (χ1v) is 8.73. The third-order valence-corrected chi connectivity index (χ3v) is 4.76. The van der Waals surface area contributed by atoms with E-state index in [9.17, 15) is 34.5 Å². The molecular weight excluding hydrogens is 410 g/mol. The van der Waals surface area contributed by atoms with Gasteiger partial charge in [0.2, 0.25) is 12.2 Å². The van der Waals surface area contributed by atoms with Crippen molar-refractivity contribution in [2.24, 2.45) is 0 Å². The van der Waals surface area contributed by atoms with Gasteiger partial charge in [0.05, 0.1) is 6.61 Å². The van der Waals surface area contributed by atoms with Gasteiger partial charge in [0.15, 0.2) is 11.5 Å². The maximum absolute atomic E-state index is 13.5. The average Bonchev–Trinajstić information content (AvgIpc) is 3.26. The number of nitrogens with zero attached hydrogens (tertiary/aromatic N) is 1. The van der Waals surface area contributed by atoms with E-state index in [1.165, 1.54) is 24.4 Å². The number of alkyl halides is 2. The number of nitriles is 1. The van der Waals surface area contributed by atoms with E-state index in [1.54, 1.807) is 0 Å². The molecule has 10 nitrogen and oxygen atoms in total. The fraction of sp³-hybridized carbons (Fsp3) is 0.389. The normalized spacial score (nSPS) is 29.4. The number of ether oxygens (including phenoxy) is 4. The predicted octanol–water partition coefficient (Wildman–Crippen LogP) is 0.0536. The van der Waals surface area contributed by atoms with Crippen molar-refractivity contribution in [2.75, 3.05) is 6.61 Å². The molecule has 0 radical (unpaired) electrons. The van der Waals surface area contributed by atoms with Gasteiger partial charge in [-0.05, 0) is 6.07 Å².